The first-order valence-electron chi connectivity index (χ1n) is 3.02. The second kappa shape index (κ2) is 3.72. The fourth-order valence-electron chi connectivity index (χ4n) is 0.290. The van der Waals surface area contributed by atoms with Gasteiger partial charge >= 0.3 is 0 Å². The van der Waals surface area contributed by atoms with Crippen LogP contribution in [0.2, 0.25) is 0 Å². The third kappa shape index (κ3) is 4.28. The molecule has 0 aliphatic rings. The molecule has 54 valence electrons. The zero-order valence-corrected chi connectivity index (χ0v) is 6.87. The highest BCUT2D eigenvalue weighted by atomic mass is 35.5. The van der Waals surface area contributed by atoms with Crippen molar-refractivity contribution in [1.82, 2.24) is 4.84 Å². The van der Waals surface area contributed by atoms with Crippen molar-refractivity contribution in [3.8, 4) is 0 Å². The van der Waals surface area contributed by atoms with Crippen LogP contribution in [0.15, 0.2) is 4.99 Å². The van der Waals surface area contributed by atoms with Gasteiger partial charge in [-0.2, -0.15) is 0 Å². The van der Waals surface area contributed by atoms with E-state index in [1.54, 1.807) is 0 Å². The van der Waals surface area contributed by atoms with Gasteiger partial charge in [0.2, 0.25) is 0 Å². The summed E-state index contributed by atoms with van der Waals surface area (Å²) in [5.41, 5.74) is 0.0158. The van der Waals surface area contributed by atoms with Gasteiger partial charge in [-0.3, -0.25) is 9.83 Å². The van der Waals surface area contributed by atoms with Crippen molar-refractivity contribution in [3.05, 3.63) is 0 Å². The Hall–Kier alpha value is -0.240. The molecule has 0 rings (SSSR count). The fourth-order valence-corrected chi connectivity index (χ4v) is 0.339. The molecule has 0 aliphatic carbocycles. The van der Waals surface area contributed by atoms with Crippen LogP contribution in [0.5, 0.6) is 0 Å². The van der Waals surface area contributed by atoms with Crippen molar-refractivity contribution in [2.24, 2.45) is 4.99 Å². The number of rotatable bonds is 3. The van der Waals surface area contributed by atoms with Gasteiger partial charge in [0, 0.05) is 11.8 Å². The van der Waals surface area contributed by atoms with Gasteiger partial charge in [-0.15, -0.1) is 0 Å². The van der Waals surface area contributed by atoms with Gasteiger partial charge in [0.05, 0.1) is 11.9 Å². The highest BCUT2D eigenvalue weighted by molar-refractivity contribution is 6.18. The molecule has 3 heteroatoms. The number of nitrogens with zero attached hydrogens (tertiary/aromatic N) is 1. The molecule has 0 bridgehead atoms. The molecule has 0 aliphatic heterocycles. The molecule has 0 atom stereocenters. The van der Waals surface area contributed by atoms with E-state index in [1.807, 2.05) is 0 Å². The maximum atomic E-state index is 5.17. The molecule has 0 saturated heterocycles. The zero-order chi connectivity index (χ0) is 7.33. The minimum Gasteiger partial charge on any atom is -0.289 e. The van der Waals surface area contributed by atoms with Crippen molar-refractivity contribution in [2.75, 3.05) is 0 Å². The van der Waals surface area contributed by atoms with Crippen molar-refractivity contribution < 1.29 is 0 Å². The Morgan fingerprint density at radius 1 is 1.67 bits per heavy atom. The molecule has 0 radical (unpaired) electrons. The molecule has 1 N–H and O–H groups in total. The molecule has 0 aromatic rings. The Morgan fingerprint density at radius 3 is 2.56 bits per heavy atom. The minimum absolute atomic E-state index is 0.0158. The van der Waals surface area contributed by atoms with Gasteiger partial charge in [-0.1, -0.05) is 6.92 Å². The summed E-state index contributed by atoms with van der Waals surface area (Å²) >= 11 is 5.17. The summed E-state index contributed by atoms with van der Waals surface area (Å²) in [5.74, 6) is 0. The monoisotopic (exact) mass is 148 g/mol. The van der Waals surface area contributed by atoms with Crippen LogP contribution in [0.1, 0.15) is 27.2 Å². The number of nitrogens with one attached hydrogen (secondary N) is 1. The summed E-state index contributed by atoms with van der Waals surface area (Å²) in [6, 6.07) is 0. The van der Waals surface area contributed by atoms with E-state index in [0.29, 0.717) is 0 Å². The molecule has 2 nitrogen and oxygen atoms in total. The molecule has 0 spiro atoms. The fraction of sp³-hybridized carbons (Fsp3) is 0.833. The third-order valence-electron chi connectivity index (χ3n) is 1.33. The minimum atomic E-state index is 0.0158. The average molecular weight is 149 g/mol. The lowest BCUT2D eigenvalue weighted by molar-refractivity contribution is 0.506. The molecular weight excluding hydrogens is 136 g/mol. The van der Waals surface area contributed by atoms with E-state index in [1.165, 1.54) is 6.34 Å². The third-order valence-corrected chi connectivity index (χ3v) is 1.43. The van der Waals surface area contributed by atoms with Crippen LogP contribution < -0.4 is 4.84 Å². The first kappa shape index (κ1) is 8.76. The second-order valence-corrected chi connectivity index (χ2v) is 2.75. The lowest BCUT2D eigenvalue weighted by Gasteiger charge is -2.15. The van der Waals surface area contributed by atoms with Gasteiger partial charge in [-0.05, 0) is 20.3 Å². The zero-order valence-electron chi connectivity index (χ0n) is 6.11. The SMILES string of the molecule is CCC(C)(C)N=CNCl. The molecule has 0 fully saturated rings. The number of halogens is 1. The Bertz CT molecular complexity index is 99.2. The quantitative estimate of drug-likeness (QED) is 0.369. The molecular formula is C6H13ClN2. The average Bonchev–Trinajstić information content (AvgIpc) is 1.84. The molecule has 0 saturated carbocycles. The van der Waals surface area contributed by atoms with Gasteiger partial charge in [0.1, 0.15) is 0 Å². The molecule has 0 amide bonds. The lowest BCUT2D eigenvalue weighted by atomic mass is 10.0. The van der Waals surface area contributed by atoms with Crippen molar-refractivity contribution in [1.29, 1.82) is 0 Å². The topological polar surface area (TPSA) is 24.4 Å². The van der Waals surface area contributed by atoms with E-state index in [-0.39, 0.29) is 5.54 Å². The second-order valence-electron chi connectivity index (χ2n) is 2.53. The molecule has 9 heavy (non-hydrogen) atoms. The maximum absolute atomic E-state index is 5.17. The van der Waals surface area contributed by atoms with Crippen LogP contribution in [0, 0.1) is 0 Å². The molecule has 0 aromatic heterocycles. The van der Waals surface area contributed by atoms with Crippen LogP contribution in [0.4, 0.5) is 0 Å². The van der Waals surface area contributed by atoms with Crippen LogP contribution in [0.3, 0.4) is 0 Å². The van der Waals surface area contributed by atoms with Gasteiger partial charge in [0.15, 0.2) is 0 Å². The van der Waals surface area contributed by atoms with E-state index < -0.39 is 0 Å². The Morgan fingerprint density at radius 2 is 2.22 bits per heavy atom. The largest absolute Gasteiger partial charge is 0.289 e. The highest BCUT2D eigenvalue weighted by Crippen LogP contribution is 2.11. The first-order chi connectivity index (χ1) is 4.12. The van der Waals surface area contributed by atoms with E-state index in [4.69, 9.17) is 11.8 Å². The van der Waals surface area contributed by atoms with Crippen LogP contribution in [0.25, 0.3) is 0 Å². The van der Waals surface area contributed by atoms with E-state index in [0.717, 1.165) is 6.42 Å². The van der Waals surface area contributed by atoms with E-state index >= 15 is 0 Å². The van der Waals surface area contributed by atoms with Crippen molar-refractivity contribution in [2.45, 2.75) is 32.7 Å². The van der Waals surface area contributed by atoms with Crippen LogP contribution in [-0.4, -0.2) is 11.9 Å². The van der Waals surface area contributed by atoms with Crippen LogP contribution >= 0.6 is 11.8 Å². The molecule has 0 heterocycles. The van der Waals surface area contributed by atoms with Gasteiger partial charge in [-0.25, -0.2) is 0 Å². The predicted molar refractivity (Wildman–Crippen MR) is 41.9 cm³/mol. The number of hydrogen-bond acceptors (Lipinski definition) is 1. The van der Waals surface area contributed by atoms with E-state index in [9.17, 15) is 0 Å². The standard InChI is InChI=1S/C6H13ClN2/c1-4-6(2,3)8-5-9-7/h5H,4H2,1-3H3,(H,8,9). The smallest absolute Gasteiger partial charge is 0.0975 e. The van der Waals surface area contributed by atoms with Crippen molar-refractivity contribution >= 4 is 18.1 Å². The van der Waals surface area contributed by atoms with Gasteiger partial charge < -0.3 is 0 Å². The number of hydrogen-bond donors (Lipinski definition) is 1. The summed E-state index contributed by atoms with van der Waals surface area (Å²) in [7, 11) is 0. The summed E-state index contributed by atoms with van der Waals surface area (Å²) < 4.78 is 0. The van der Waals surface area contributed by atoms with Crippen LogP contribution in [-0.2, 0) is 0 Å². The summed E-state index contributed by atoms with van der Waals surface area (Å²) in [6.45, 7) is 6.20. The number of aliphatic imine (C=N–C) groups is 1. The summed E-state index contributed by atoms with van der Waals surface area (Å²) in [5, 5.41) is 0. The highest BCUT2D eigenvalue weighted by Gasteiger charge is 2.10. The maximum Gasteiger partial charge on any atom is 0.0975 e. The predicted octanol–water partition coefficient (Wildman–Crippen LogP) is 1.95. The molecule has 0 aromatic carbocycles. The summed E-state index contributed by atoms with van der Waals surface area (Å²) in [6.07, 6.45) is 2.52. The van der Waals surface area contributed by atoms with Gasteiger partial charge in [0.25, 0.3) is 0 Å². The first-order valence-corrected chi connectivity index (χ1v) is 3.40. The summed E-state index contributed by atoms with van der Waals surface area (Å²) in [4.78, 5) is 6.46. The Balaban J connectivity index is 3.70. The molecule has 0 unspecified atom stereocenters. The Labute approximate surface area is 61.4 Å². The van der Waals surface area contributed by atoms with E-state index in [2.05, 4.69) is 30.6 Å². The lowest BCUT2D eigenvalue weighted by Crippen LogP contribution is -2.16. The van der Waals surface area contributed by atoms with Crippen molar-refractivity contribution in [3.63, 3.8) is 0 Å². The Kier molecular flexibility index (Phi) is 3.62. The normalized spacial score (nSPS) is 12.4.